The summed E-state index contributed by atoms with van der Waals surface area (Å²) in [5, 5.41) is 5.36. The summed E-state index contributed by atoms with van der Waals surface area (Å²) in [5.74, 6) is -2.11. The van der Waals surface area contributed by atoms with E-state index in [1.165, 1.54) is 16.8 Å². The third-order valence-corrected chi connectivity index (χ3v) is 3.84. The van der Waals surface area contributed by atoms with Crippen molar-refractivity contribution in [3.8, 4) is 0 Å². The van der Waals surface area contributed by atoms with Crippen molar-refractivity contribution in [2.75, 3.05) is 0 Å². The summed E-state index contributed by atoms with van der Waals surface area (Å²) in [5.41, 5.74) is 1.91. The van der Waals surface area contributed by atoms with Gasteiger partial charge in [-0.25, -0.2) is 14.5 Å². The van der Waals surface area contributed by atoms with Crippen LogP contribution >= 0.6 is 0 Å². The Labute approximate surface area is 141 Å². The first-order valence-electron chi connectivity index (χ1n) is 7.51. The Hall–Kier alpha value is -3.55. The van der Waals surface area contributed by atoms with Gasteiger partial charge in [-0.2, -0.15) is 5.10 Å². The number of hydrogen-bond donors (Lipinski definition) is 0. The molecular formula is C17H12N4O4. The number of benzene rings is 1. The second-order valence-corrected chi connectivity index (χ2v) is 5.64. The van der Waals surface area contributed by atoms with Crippen LogP contribution in [0.4, 0.5) is 0 Å². The van der Waals surface area contributed by atoms with Crippen molar-refractivity contribution in [2.24, 2.45) is 0 Å². The maximum atomic E-state index is 12.2. The monoisotopic (exact) mass is 336 g/mol. The fraction of sp³-hybridized carbons (Fsp3) is 0.118. The summed E-state index contributed by atoms with van der Waals surface area (Å²) in [4.78, 5) is 45.7. The number of hydroxylamine groups is 2. The summed E-state index contributed by atoms with van der Waals surface area (Å²) < 4.78 is 1.36. The molecule has 3 aromatic rings. The summed E-state index contributed by atoms with van der Waals surface area (Å²) in [7, 11) is 0. The molecule has 0 bridgehead atoms. The fourth-order valence-electron chi connectivity index (χ4n) is 2.70. The van der Waals surface area contributed by atoms with Crippen LogP contribution in [-0.4, -0.2) is 37.6 Å². The van der Waals surface area contributed by atoms with Gasteiger partial charge >= 0.3 is 5.97 Å². The Morgan fingerprint density at radius 1 is 1.12 bits per heavy atom. The summed E-state index contributed by atoms with van der Waals surface area (Å²) in [6.45, 7) is 1.63. The highest BCUT2D eigenvalue weighted by molar-refractivity contribution is 6.20. The minimum Gasteiger partial charge on any atom is -0.328 e. The van der Waals surface area contributed by atoms with Gasteiger partial charge in [0.15, 0.2) is 5.65 Å². The lowest BCUT2D eigenvalue weighted by Crippen LogP contribution is -2.34. The third kappa shape index (κ3) is 2.44. The Balaban J connectivity index is 1.53. The van der Waals surface area contributed by atoms with Crippen LogP contribution in [0.2, 0.25) is 0 Å². The van der Waals surface area contributed by atoms with Gasteiger partial charge in [-0.1, -0.05) is 17.2 Å². The van der Waals surface area contributed by atoms with Gasteiger partial charge in [-0.05, 0) is 30.7 Å². The number of pyridine rings is 1. The molecule has 0 unspecified atom stereocenters. The normalized spacial score (nSPS) is 13.4. The molecule has 1 aromatic carbocycles. The van der Waals surface area contributed by atoms with E-state index in [0.29, 0.717) is 10.7 Å². The predicted octanol–water partition coefficient (Wildman–Crippen LogP) is 1.49. The molecule has 8 nitrogen and oxygen atoms in total. The lowest BCUT2D eigenvalue weighted by Gasteiger charge is -2.12. The van der Waals surface area contributed by atoms with Gasteiger partial charge in [0.25, 0.3) is 11.8 Å². The number of hydrogen-bond acceptors (Lipinski definition) is 6. The van der Waals surface area contributed by atoms with E-state index >= 15 is 0 Å². The average molecular weight is 336 g/mol. The van der Waals surface area contributed by atoms with Gasteiger partial charge in [0.1, 0.15) is 6.54 Å². The molecule has 124 valence electrons. The molecule has 0 radical (unpaired) electrons. The van der Waals surface area contributed by atoms with Crippen LogP contribution in [0, 0.1) is 6.92 Å². The van der Waals surface area contributed by atoms with E-state index in [-0.39, 0.29) is 17.7 Å². The number of rotatable bonds is 3. The molecule has 25 heavy (non-hydrogen) atoms. The summed E-state index contributed by atoms with van der Waals surface area (Å²) >= 11 is 0. The van der Waals surface area contributed by atoms with Crippen LogP contribution < -0.4 is 0 Å². The summed E-state index contributed by atoms with van der Waals surface area (Å²) in [6.07, 6.45) is 3.25. The topological polar surface area (TPSA) is 94.4 Å². The van der Waals surface area contributed by atoms with E-state index in [0.717, 1.165) is 10.9 Å². The average Bonchev–Trinajstić information content (AvgIpc) is 3.09. The van der Waals surface area contributed by atoms with Crippen molar-refractivity contribution in [3.63, 3.8) is 0 Å². The molecule has 4 rings (SSSR count). The standard InChI is InChI=1S/C17H12N4O4/c1-10-6-11-8-19-20(15(11)18-7-10)9-14(22)25-21-16(23)12-4-2-3-5-13(12)17(21)24/h2-8H,9H2,1H3. The lowest BCUT2D eigenvalue weighted by atomic mass is 10.1. The van der Waals surface area contributed by atoms with E-state index in [2.05, 4.69) is 10.1 Å². The lowest BCUT2D eigenvalue weighted by molar-refractivity contribution is -0.169. The predicted molar refractivity (Wildman–Crippen MR) is 85.3 cm³/mol. The summed E-state index contributed by atoms with van der Waals surface area (Å²) in [6, 6.07) is 8.19. The first-order valence-corrected chi connectivity index (χ1v) is 7.51. The third-order valence-electron chi connectivity index (χ3n) is 3.84. The van der Waals surface area contributed by atoms with Crippen molar-refractivity contribution in [3.05, 3.63) is 59.4 Å². The minimum atomic E-state index is -0.790. The van der Waals surface area contributed by atoms with Crippen LogP contribution in [0.5, 0.6) is 0 Å². The van der Waals surface area contributed by atoms with Crippen molar-refractivity contribution >= 4 is 28.8 Å². The number of aromatic nitrogens is 3. The Kier molecular flexibility index (Phi) is 3.31. The molecule has 0 saturated carbocycles. The van der Waals surface area contributed by atoms with E-state index in [9.17, 15) is 14.4 Å². The van der Waals surface area contributed by atoms with Crippen molar-refractivity contribution in [2.45, 2.75) is 13.5 Å². The van der Waals surface area contributed by atoms with E-state index < -0.39 is 17.8 Å². The number of imide groups is 1. The second kappa shape index (κ2) is 5.52. The molecule has 3 heterocycles. The quantitative estimate of drug-likeness (QED) is 0.673. The second-order valence-electron chi connectivity index (χ2n) is 5.64. The number of fused-ring (bicyclic) bond motifs is 2. The molecule has 1 aliphatic heterocycles. The number of nitrogens with zero attached hydrogens (tertiary/aromatic N) is 4. The fourth-order valence-corrected chi connectivity index (χ4v) is 2.70. The molecule has 0 atom stereocenters. The molecular weight excluding hydrogens is 324 g/mol. The zero-order valence-corrected chi connectivity index (χ0v) is 13.2. The Morgan fingerprint density at radius 3 is 2.48 bits per heavy atom. The Morgan fingerprint density at radius 2 is 1.80 bits per heavy atom. The van der Waals surface area contributed by atoms with Crippen LogP contribution in [-0.2, 0) is 16.2 Å². The van der Waals surface area contributed by atoms with Gasteiger partial charge < -0.3 is 4.84 Å². The van der Waals surface area contributed by atoms with E-state index in [4.69, 9.17) is 4.84 Å². The Bertz CT molecular complexity index is 1010. The van der Waals surface area contributed by atoms with Crippen molar-refractivity contribution in [1.82, 2.24) is 19.8 Å². The molecule has 0 fully saturated rings. The number of amides is 2. The van der Waals surface area contributed by atoms with Crippen LogP contribution in [0.1, 0.15) is 26.3 Å². The zero-order chi connectivity index (χ0) is 17.6. The van der Waals surface area contributed by atoms with E-state index in [1.807, 2.05) is 13.0 Å². The van der Waals surface area contributed by atoms with Gasteiger partial charge in [-0.3, -0.25) is 9.59 Å². The molecule has 2 aromatic heterocycles. The molecule has 0 saturated heterocycles. The molecule has 0 aliphatic carbocycles. The molecule has 1 aliphatic rings. The molecule has 2 amide bonds. The van der Waals surface area contributed by atoms with Gasteiger partial charge in [-0.15, -0.1) is 0 Å². The first kappa shape index (κ1) is 15.0. The van der Waals surface area contributed by atoms with Crippen LogP contribution in [0.25, 0.3) is 11.0 Å². The number of carbonyl (C=O) groups is 3. The molecule has 8 heteroatoms. The first-order chi connectivity index (χ1) is 12.0. The van der Waals surface area contributed by atoms with Gasteiger partial charge in [0, 0.05) is 11.6 Å². The highest BCUT2D eigenvalue weighted by atomic mass is 16.7. The van der Waals surface area contributed by atoms with E-state index in [1.54, 1.807) is 24.5 Å². The highest BCUT2D eigenvalue weighted by Crippen LogP contribution is 2.22. The smallest absolute Gasteiger partial charge is 0.328 e. The number of aryl methyl sites for hydroxylation is 1. The number of carbonyl (C=O) groups excluding carboxylic acids is 3. The molecule has 0 spiro atoms. The maximum absolute atomic E-state index is 12.2. The SMILES string of the molecule is Cc1cnc2c(cnn2CC(=O)ON2C(=O)c3ccccc3C2=O)c1. The van der Waals surface area contributed by atoms with Crippen molar-refractivity contribution < 1.29 is 19.2 Å². The van der Waals surface area contributed by atoms with Crippen LogP contribution in [0.3, 0.4) is 0 Å². The largest absolute Gasteiger partial charge is 0.354 e. The zero-order valence-electron chi connectivity index (χ0n) is 13.2. The minimum absolute atomic E-state index is 0.210. The maximum Gasteiger partial charge on any atom is 0.354 e. The molecule has 0 N–H and O–H groups in total. The van der Waals surface area contributed by atoms with Crippen molar-refractivity contribution in [1.29, 1.82) is 0 Å². The van der Waals surface area contributed by atoms with Gasteiger partial charge in [0.05, 0.1) is 17.3 Å². The van der Waals surface area contributed by atoms with Crippen LogP contribution in [0.15, 0.2) is 42.7 Å². The highest BCUT2D eigenvalue weighted by Gasteiger charge is 2.38. The van der Waals surface area contributed by atoms with Gasteiger partial charge in [0.2, 0.25) is 0 Å².